The van der Waals surface area contributed by atoms with Crippen molar-refractivity contribution >= 4 is 40.6 Å². The van der Waals surface area contributed by atoms with Crippen LogP contribution in [0.4, 0.5) is 10.5 Å². The minimum Gasteiger partial charge on any atom is -0.508 e. The number of hydrogen-bond donors (Lipinski definition) is 2. The highest BCUT2D eigenvalue weighted by Crippen LogP contribution is 2.32. The van der Waals surface area contributed by atoms with E-state index < -0.39 is 17.1 Å². The zero-order valence-electron chi connectivity index (χ0n) is 13.0. The topological polar surface area (TPSA) is 86.7 Å². The number of phenolic OH excluding ortho intramolecular Hbond substituents is 1. The molecule has 0 bridgehead atoms. The van der Waals surface area contributed by atoms with Gasteiger partial charge in [-0.05, 0) is 47.7 Å². The Morgan fingerprint density at radius 3 is 2.60 bits per heavy atom. The Balaban J connectivity index is 1.70. The first-order valence-corrected chi connectivity index (χ1v) is 8.24. The van der Waals surface area contributed by atoms with Gasteiger partial charge >= 0.3 is 0 Å². The molecule has 1 fully saturated rings. The van der Waals surface area contributed by atoms with Crippen LogP contribution in [-0.4, -0.2) is 33.6 Å². The quantitative estimate of drug-likeness (QED) is 0.824. The maximum absolute atomic E-state index is 12.4. The van der Waals surface area contributed by atoms with Crippen LogP contribution in [0.25, 0.3) is 6.08 Å². The Morgan fingerprint density at radius 2 is 1.88 bits per heavy atom. The van der Waals surface area contributed by atoms with Crippen molar-refractivity contribution in [3.05, 3.63) is 65.1 Å². The zero-order valence-corrected chi connectivity index (χ0v) is 13.8. The molecule has 3 rings (SSSR count). The Morgan fingerprint density at radius 1 is 1.12 bits per heavy atom. The summed E-state index contributed by atoms with van der Waals surface area (Å²) in [6.07, 6.45) is 1.51. The molecule has 2 N–H and O–H groups in total. The van der Waals surface area contributed by atoms with Crippen molar-refractivity contribution in [2.75, 3.05) is 11.9 Å². The number of hydrogen-bond acceptors (Lipinski definition) is 5. The molecule has 0 aliphatic carbocycles. The van der Waals surface area contributed by atoms with Crippen LogP contribution < -0.4 is 5.32 Å². The predicted molar refractivity (Wildman–Crippen MR) is 95.9 cm³/mol. The number of nitrogens with zero attached hydrogens (tertiary/aromatic N) is 1. The van der Waals surface area contributed by atoms with Crippen LogP contribution in [-0.2, 0) is 9.59 Å². The number of carbonyl (C=O) groups is 3. The number of phenols is 1. The molecular weight excluding hydrogens is 340 g/mol. The summed E-state index contributed by atoms with van der Waals surface area (Å²) in [5, 5.41) is 11.6. The van der Waals surface area contributed by atoms with Gasteiger partial charge in [0.1, 0.15) is 12.3 Å². The van der Waals surface area contributed by atoms with Gasteiger partial charge in [-0.25, -0.2) is 0 Å². The van der Waals surface area contributed by atoms with Gasteiger partial charge in [-0.2, -0.15) is 0 Å². The second kappa shape index (κ2) is 7.23. The van der Waals surface area contributed by atoms with E-state index in [1.165, 1.54) is 18.2 Å². The molecule has 1 aliphatic heterocycles. The third kappa shape index (κ3) is 4.07. The summed E-state index contributed by atoms with van der Waals surface area (Å²) in [6.45, 7) is -0.350. The van der Waals surface area contributed by atoms with E-state index in [1.54, 1.807) is 36.4 Å². The van der Waals surface area contributed by atoms with Gasteiger partial charge in [0.05, 0.1) is 4.91 Å². The van der Waals surface area contributed by atoms with E-state index in [-0.39, 0.29) is 17.2 Å². The molecule has 1 saturated heterocycles. The number of amides is 3. The minimum atomic E-state index is -0.526. The Kier molecular flexibility index (Phi) is 4.85. The molecule has 0 unspecified atom stereocenters. The number of thioether (sulfide) groups is 1. The van der Waals surface area contributed by atoms with E-state index in [0.29, 0.717) is 11.3 Å². The van der Waals surface area contributed by atoms with Gasteiger partial charge in [0.15, 0.2) is 0 Å². The van der Waals surface area contributed by atoms with E-state index in [1.807, 2.05) is 6.07 Å². The van der Waals surface area contributed by atoms with Crippen molar-refractivity contribution in [2.45, 2.75) is 0 Å². The van der Waals surface area contributed by atoms with E-state index >= 15 is 0 Å². The highest BCUT2D eigenvalue weighted by Gasteiger charge is 2.36. The molecule has 126 valence electrons. The molecule has 2 aromatic carbocycles. The van der Waals surface area contributed by atoms with Gasteiger partial charge in [-0.1, -0.05) is 30.3 Å². The summed E-state index contributed by atoms with van der Waals surface area (Å²) in [4.78, 5) is 37.6. The molecule has 7 heteroatoms. The molecule has 0 radical (unpaired) electrons. The van der Waals surface area contributed by atoms with Crippen LogP contribution >= 0.6 is 11.8 Å². The lowest BCUT2D eigenvalue weighted by atomic mass is 10.2. The lowest BCUT2D eigenvalue weighted by Crippen LogP contribution is -2.36. The number of benzene rings is 2. The van der Waals surface area contributed by atoms with Crippen LogP contribution in [0.3, 0.4) is 0 Å². The average Bonchev–Trinajstić information content (AvgIpc) is 2.83. The van der Waals surface area contributed by atoms with Crippen molar-refractivity contribution < 1.29 is 19.5 Å². The van der Waals surface area contributed by atoms with Gasteiger partial charge in [-0.3, -0.25) is 19.3 Å². The van der Waals surface area contributed by atoms with Crippen molar-refractivity contribution in [3.63, 3.8) is 0 Å². The molecule has 2 aromatic rings. The second-order valence-electron chi connectivity index (χ2n) is 5.28. The number of carbonyl (C=O) groups excluding carboxylic acids is 3. The summed E-state index contributed by atoms with van der Waals surface area (Å²) < 4.78 is 0. The molecule has 0 spiro atoms. The fourth-order valence-electron chi connectivity index (χ4n) is 2.27. The first-order chi connectivity index (χ1) is 12.0. The summed E-state index contributed by atoms with van der Waals surface area (Å²) in [5.74, 6) is -0.913. The van der Waals surface area contributed by atoms with E-state index in [4.69, 9.17) is 0 Å². The largest absolute Gasteiger partial charge is 0.508 e. The van der Waals surface area contributed by atoms with Gasteiger partial charge in [0, 0.05) is 5.69 Å². The van der Waals surface area contributed by atoms with Crippen molar-refractivity contribution in [1.82, 2.24) is 4.90 Å². The molecular formula is C18H14N2O4S. The highest BCUT2D eigenvalue weighted by atomic mass is 32.2. The Hall–Kier alpha value is -3.06. The van der Waals surface area contributed by atoms with E-state index in [2.05, 4.69) is 5.32 Å². The maximum atomic E-state index is 12.4. The fraction of sp³-hybridized carbons (Fsp3) is 0.0556. The highest BCUT2D eigenvalue weighted by molar-refractivity contribution is 8.18. The van der Waals surface area contributed by atoms with Crippen molar-refractivity contribution in [2.24, 2.45) is 0 Å². The lowest BCUT2D eigenvalue weighted by molar-refractivity contribution is -0.127. The van der Waals surface area contributed by atoms with Crippen LogP contribution in [0, 0.1) is 0 Å². The second-order valence-corrected chi connectivity index (χ2v) is 6.27. The van der Waals surface area contributed by atoms with Crippen LogP contribution in [0.15, 0.2) is 59.5 Å². The average molecular weight is 354 g/mol. The maximum Gasteiger partial charge on any atom is 0.294 e. The molecule has 3 amide bonds. The Labute approximate surface area is 148 Å². The lowest BCUT2D eigenvalue weighted by Gasteiger charge is -2.12. The number of para-hydroxylation sites is 1. The summed E-state index contributed by atoms with van der Waals surface area (Å²) in [7, 11) is 0. The first-order valence-electron chi connectivity index (χ1n) is 7.42. The molecule has 0 saturated carbocycles. The van der Waals surface area contributed by atoms with Gasteiger partial charge in [0.25, 0.3) is 11.1 Å². The standard InChI is InChI=1S/C18H14N2O4S/c21-14-8-4-5-12(9-14)10-15-17(23)20(18(24)25-15)11-16(22)19-13-6-2-1-3-7-13/h1-10,21H,11H2,(H,19,22). The molecule has 1 heterocycles. The summed E-state index contributed by atoms with van der Waals surface area (Å²) in [5.41, 5.74) is 1.19. The summed E-state index contributed by atoms with van der Waals surface area (Å²) in [6, 6.07) is 15.1. The molecule has 6 nitrogen and oxygen atoms in total. The first kappa shape index (κ1) is 16.8. The number of aromatic hydroxyl groups is 1. The number of rotatable bonds is 4. The molecule has 25 heavy (non-hydrogen) atoms. The third-order valence-corrected chi connectivity index (χ3v) is 4.31. The molecule has 1 aliphatic rings. The van der Waals surface area contributed by atoms with Gasteiger partial charge < -0.3 is 10.4 Å². The number of nitrogens with one attached hydrogen (secondary N) is 1. The molecule has 0 aromatic heterocycles. The van der Waals surface area contributed by atoms with E-state index in [0.717, 1.165) is 16.7 Å². The normalized spacial score (nSPS) is 15.7. The van der Waals surface area contributed by atoms with Gasteiger partial charge in [0.2, 0.25) is 5.91 Å². The van der Waals surface area contributed by atoms with Crippen molar-refractivity contribution in [1.29, 1.82) is 0 Å². The van der Waals surface area contributed by atoms with Crippen LogP contribution in [0.5, 0.6) is 5.75 Å². The van der Waals surface area contributed by atoms with Crippen LogP contribution in [0.1, 0.15) is 5.56 Å². The smallest absolute Gasteiger partial charge is 0.294 e. The van der Waals surface area contributed by atoms with Gasteiger partial charge in [-0.15, -0.1) is 0 Å². The minimum absolute atomic E-state index is 0.0650. The Bertz CT molecular complexity index is 864. The number of imide groups is 1. The van der Waals surface area contributed by atoms with Crippen LogP contribution in [0.2, 0.25) is 0 Å². The zero-order chi connectivity index (χ0) is 17.8. The third-order valence-electron chi connectivity index (χ3n) is 3.40. The predicted octanol–water partition coefficient (Wildman–Crippen LogP) is 3.07. The van der Waals surface area contributed by atoms with Crippen molar-refractivity contribution in [3.8, 4) is 5.75 Å². The van der Waals surface area contributed by atoms with E-state index in [9.17, 15) is 19.5 Å². The molecule has 0 atom stereocenters. The fourth-order valence-corrected chi connectivity index (χ4v) is 3.11. The monoisotopic (exact) mass is 354 g/mol. The summed E-state index contributed by atoms with van der Waals surface area (Å²) >= 11 is 0.768. The number of anilines is 1. The SMILES string of the molecule is O=C(CN1C(=O)SC(=Cc2cccc(O)c2)C1=O)Nc1ccccc1.